The van der Waals surface area contributed by atoms with E-state index in [2.05, 4.69) is 4.98 Å². The van der Waals surface area contributed by atoms with Gasteiger partial charge < -0.3 is 14.4 Å². The van der Waals surface area contributed by atoms with Crippen molar-refractivity contribution in [3.63, 3.8) is 0 Å². The number of hydrogen-bond donors (Lipinski definition) is 0. The van der Waals surface area contributed by atoms with Crippen LogP contribution < -0.4 is 0 Å². The second kappa shape index (κ2) is 6.34. The van der Waals surface area contributed by atoms with E-state index in [1.807, 2.05) is 24.0 Å². The highest BCUT2D eigenvalue weighted by Crippen LogP contribution is 2.41. The summed E-state index contributed by atoms with van der Waals surface area (Å²) in [6, 6.07) is 3.74. The van der Waals surface area contributed by atoms with Crippen molar-refractivity contribution in [3.05, 3.63) is 29.6 Å². The number of pyridine rings is 1. The summed E-state index contributed by atoms with van der Waals surface area (Å²) in [5.74, 6) is 0.433. The molecule has 0 bridgehead atoms. The third-order valence-electron chi connectivity index (χ3n) is 4.92. The summed E-state index contributed by atoms with van der Waals surface area (Å²) in [4.78, 5) is 18.9. The van der Waals surface area contributed by atoms with E-state index in [1.165, 1.54) is 0 Å². The van der Waals surface area contributed by atoms with E-state index in [0.29, 0.717) is 37.8 Å². The van der Waals surface area contributed by atoms with Gasteiger partial charge in [-0.05, 0) is 31.9 Å². The average Bonchev–Trinajstić information content (AvgIpc) is 2.90. The summed E-state index contributed by atoms with van der Waals surface area (Å²) < 4.78 is 11.5. The molecule has 3 rings (SSSR count). The van der Waals surface area contributed by atoms with Gasteiger partial charge in [0.05, 0.1) is 30.9 Å². The van der Waals surface area contributed by atoms with Crippen molar-refractivity contribution in [2.75, 3.05) is 33.4 Å². The molecule has 1 saturated carbocycles. The SMILES string of the molecule is COC[C@@H]1CCC[C@]12CN(C(=O)c1ccc(C)nc1)CCO2. The Labute approximate surface area is 131 Å². The molecule has 0 aromatic carbocycles. The zero-order valence-electron chi connectivity index (χ0n) is 13.4. The van der Waals surface area contributed by atoms with Gasteiger partial charge in [0, 0.05) is 31.5 Å². The topological polar surface area (TPSA) is 51.7 Å². The van der Waals surface area contributed by atoms with Crippen LogP contribution in [0.4, 0.5) is 0 Å². The molecule has 2 fully saturated rings. The average molecular weight is 304 g/mol. The van der Waals surface area contributed by atoms with Crippen molar-refractivity contribution >= 4 is 5.91 Å². The second-order valence-corrected chi connectivity index (χ2v) is 6.37. The van der Waals surface area contributed by atoms with Crippen molar-refractivity contribution in [3.8, 4) is 0 Å². The van der Waals surface area contributed by atoms with Gasteiger partial charge in [-0.1, -0.05) is 6.42 Å². The maximum Gasteiger partial charge on any atom is 0.255 e. The Bertz CT molecular complexity index is 531. The Hall–Kier alpha value is -1.46. The maximum atomic E-state index is 12.7. The van der Waals surface area contributed by atoms with Gasteiger partial charge in [0.15, 0.2) is 0 Å². The largest absolute Gasteiger partial charge is 0.384 e. The quantitative estimate of drug-likeness (QED) is 0.857. The molecule has 1 spiro atoms. The fourth-order valence-corrected chi connectivity index (χ4v) is 3.71. The van der Waals surface area contributed by atoms with Gasteiger partial charge in [-0.3, -0.25) is 9.78 Å². The molecule has 2 aliphatic rings. The molecule has 5 heteroatoms. The van der Waals surface area contributed by atoms with E-state index in [9.17, 15) is 4.79 Å². The van der Waals surface area contributed by atoms with Crippen molar-refractivity contribution < 1.29 is 14.3 Å². The summed E-state index contributed by atoms with van der Waals surface area (Å²) in [6.07, 6.45) is 4.93. The van der Waals surface area contributed by atoms with Crippen LogP contribution in [0.5, 0.6) is 0 Å². The number of methoxy groups -OCH3 is 1. The van der Waals surface area contributed by atoms with Crippen LogP contribution in [0, 0.1) is 12.8 Å². The Morgan fingerprint density at radius 2 is 2.41 bits per heavy atom. The third-order valence-corrected chi connectivity index (χ3v) is 4.92. The highest BCUT2D eigenvalue weighted by atomic mass is 16.5. The molecule has 0 unspecified atom stereocenters. The highest BCUT2D eigenvalue weighted by molar-refractivity contribution is 5.94. The van der Waals surface area contributed by atoms with Crippen molar-refractivity contribution in [2.24, 2.45) is 5.92 Å². The lowest BCUT2D eigenvalue weighted by atomic mass is 9.89. The number of carbonyl (C=O) groups is 1. The Morgan fingerprint density at radius 1 is 1.55 bits per heavy atom. The molecule has 1 amide bonds. The first-order valence-electron chi connectivity index (χ1n) is 7.99. The van der Waals surface area contributed by atoms with Gasteiger partial charge in [-0.15, -0.1) is 0 Å². The molecule has 1 aliphatic carbocycles. The van der Waals surface area contributed by atoms with E-state index in [4.69, 9.17) is 9.47 Å². The fourth-order valence-electron chi connectivity index (χ4n) is 3.71. The lowest BCUT2D eigenvalue weighted by Gasteiger charge is -2.44. The summed E-state index contributed by atoms with van der Waals surface area (Å²) >= 11 is 0. The lowest BCUT2D eigenvalue weighted by Crippen LogP contribution is -2.56. The predicted molar refractivity (Wildman–Crippen MR) is 82.8 cm³/mol. The molecule has 2 atom stereocenters. The number of rotatable bonds is 3. The van der Waals surface area contributed by atoms with Crippen molar-refractivity contribution in [1.82, 2.24) is 9.88 Å². The molecule has 0 N–H and O–H groups in total. The Balaban J connectivity index is 1.75. The minimum atomic E-state index is -0.220. The molecule has 22 heavy (non-hydrogen) atoms. The number of hydrogen-bond acceptors (Lipinski definition) is 4. The zero-order chi connectivity index (χ0) is 15.6. The number of amides is 1. The Morgan fingerprint density at radius 3 is 3.14 bits per heavy atom. The summed E-state index contributed by atoms with van der Waals surface area (Å²) in [6.45, 7) is 4.53. The number of morpholine rings is 1. The molecular weight excluding hydrogens is 280 g/mol. The molecule has 1 aliphatic heterocycles. The van der Waals surface area contributed by atoms with Crippen LogP contribution >= 0.6 is 0 Å². The van der Waals surface area contributed by atoms with Gasteiger partial charge in [0.1, 0.15) is 0 Å². The first-order chi connectivity index (χ1) is 10.6. The molecule has 120 valence electrons. The number of ether oxygens (including phenoxy) is 2. The fraction of sp³-hybridized carbons (Fsp3) is 0.647. The number of nitrogens with zero attached hydrogens (tertiary/aromatic N) is 2. The normalized spacial score (nSPS) is 28.3. The van der Waals surface area contributed by atoms with E-state index in [-0.39, 0.29) is 11.5 Å². The van der Waals surface area contributed by atoms with Gasteiger partial charge in [0.2, 0.25) is 0 Å². The van der Waals surface area contributed by atoms with E-state index in [1.54, 1.807) is 13.3 Å². The van der Waals surface area contributed by atoms with Crippen LogP contribution in [-0.4, -0.2) is 54.8 Å². The van der Waals surface area contributed by atoms with Crippen LogP contribution in [-0.2, 0) is 9.47 Å². The number of carbonyl (C=O) groups excluding carboxylic acids is 1. The molecule has 1 aromatic rings. The van der Waals surface area contributed by atoms with Crippen LogP contribution in [0.3, 0.4) is 0 Å². The molecular formula is C17H24N2O3. The zero-order valence-corrected chi connectivity index (χ0v) is 13.4. The highest BCUT2D eigenvalue weighted by Gasteiger charge is 2.47. The predicted octanol–water partition coefficient (Wildman–Crippen LogP) is 2.05. The third kappa shape index (κ3) is 2.88. The van der Waals surface area contributed by atoms with E-state index < -0.39 is 0 Å². The molecule has 1 aromatic heterocycles. The lowest BCUT2D eigenvalue weighted by molar-refractivity contribution is -0.130. The first kappa shape index (κ1) is 15.4. The van der Waals surface area contributed by atoms with E-state index in [0.717, 1.165) is 25.0 Å². The van der Waals surface area contributed by atoms with Gasteiger partial charge >= 0.3 is 0 Å². The number of aromatic nitrogens is 1. The van der Waals surface area contributed by atoms with Crippen LogP contribution in [0.2, 0.25) is 0 Å². The molecule has 2 heterocycles. The van der Waals surface area contributed by atoms with Crippen molar-refractivity contribution in [1.29, 1.82) is 0 Å². The molecule has 5 nitrogen and oxygen atoms in total. The van der Waals surface area contributed by atoms with Gasteiger partial charge in [0.25, 0.3) is 5.91 Å². The smallest absolute Gasteiger partial charge is 0.255 e. The van der Waals surface area contributed by atoms with Crippen LogP contribution in [0.15, 0.2) is 18.3 Å². The van der Waals surface area contributed by atoms with Crippen molar-refractivity contribution in [2.45, 2.75) is 31.8 Å². The van der Waals surface area contributed by atoms with Crippen LogP contribution in [0.25, 0.3) is 0 Å². The molecule has 0 radical (unpaired) electrons. The minimum absolute atomic E-state index is 0.0539. The monoisotopic (exact) mass is 304 g/mol. The van der Waals surface area contributed by atoms with Gasteiger partial charge in [-0.2, -0.15) is 0 Å². The van der Waals surface area contributed by atoms with E-state index >= 15 is 0 Å². The Kier molecular flexibility index (Phi) is 4.45. The maximum absolute atomic E-state index is 12.7. The standard InChI is InChI=1S/C17H24N2O3/c1-13-5-6-14(10-18-13)16(20)19-8-9-22-17(12-19)7-3-4-15(17)11-21-2/h5-6,10,15H,3-4,7-9,11-12H2,1-2H3/t15-,17-/m0/s1. The molecule has 1 saturated heterocycles. The van der Waals surface area contributed by atoms with Crippen LogP contribution in [0.1, 0.15) is 35.3 Å². The summed E-state index contributed by atoms with van der Waals surface area (Å²) in [5, 5.41) is 0. The first-order valence-corrected chi connectivity index (χ1v) is 7.99. The second-order valence-electron chi connectivity index (χ2n) is 6.37. The summed E-state index contributed by atoms with van der Waals surface area (Å²) in [7, 11) is 1.73. The number of aryl methyl sites for hydroxylation is 1. The summed E-state index contributed by atoms with van der Waals surface area (Å²) in [5.41, 5.74) is 1.36. The minimum Gasteiger partial charge on any atom is -0.384 e. The van der Waals surface area contributed by atoms with Gasteiger partial charge in [-0.25, -0.2) is 0 Å².